The molecule has 5 heteroatoms. The Balaban J connectivity index is 2.68. The Morgan fingerprint density at radius 1 is 1.67 bits per heavy atom. The van der Waals surface area contributed by atoms with E-state index in [1.165, 1.54) is 11.3 Å². The average molecular weight is 248 g/mol. The second-order valence-corrected chi connectivity index (χ2v) is 5.06. The third kappa shape index (κ3) is 3.28. The highest BCUT2D eigenvalue weighted by Crippen LogP contribution is 2.23. The van der Waals surface area contributed by atoms with Crippen LogP contribution in [0.3, 0.4) is 0 Å². The number of ketones is 1. The van der Waals surface area contributed by atoms with Crippen LogP contribution in [-0.2, 0) is 0 Å². The molecule has 0 radical (unpaired) electrons. The van der Waals surface area contributed by atoms with E-state index >= 15 is 0 Å². The Hall–Kier alpha value is -0.420. The normalized spacial score (nSPS) is 13.1. The molecule has 1 rings (SSSR count). The molecular weight excluding hydrogens is 234 g/mol. The largest absolute Gasteiger partial charge is 0.395 e. The van der Waals surface area contributed by atoms with Crippen molar-refractivity contribution < 1.29 is 9.90 Å². The molecule has 0 spiro atoms. The first-order chi connectivity index (χ1) is 7.06. The van der Waals surface area contributed by atoms with E-state index in [2.05, 4.69) is 0 Å². The van der Waals surface area contributed by atoms with Gasteiger partial charge in [-0.2, -0.15) is 0 Å². The van der Waals surface area contributed by atoms with Crippen LogP contribution in [0.4, 0.5) is 0 Å². The van der Waals surface area contributed by atoms with Gasteiger partial charge in [-0.05, 0) is 26.1 Å². The number of hydrogen-bond donors (Lipinski definition) is 1. The van der Waals surface area contributed by atoms with E-state index in [0.717, 1.165) is 0 Å². The zero-order valence-corrected chi connectivity index (χ0v) is 10.3. The summed E-state index contributed by atoms with van der Waals surface area (Å²) in [6.45, 7) is 2.37. The van der Waals surface area contributed by atoms with Crippen molar-refractivity contribution in [3.8, 4) is 0 Å². The van der Waals surface area contributed by atoms with Crippen molar-refractivity contribution >= 4 is 28.7 Å². The summed E-state index contributed by atoms with van der Waals surface area (Å²) in [7, 11) is 1.81. The fourth-order valence-corrected chi connectivity index (χ4v) is 2.27. The molecule has 0 aromatic carbocycles. The number of carbonyl (C=O) groups excluding carboxylic acids is 1. The van der Waals surface area contributed by atoms with Gasteiger partial charge in [-0.1, -0.05) is 11.6 Å². The molecule has 0 saturated carbocycles. The molecule has 0 aliphatic heterocycles. The van der Waals surface area contributed by atoms with Gasteiger partial charge in [0.05, 0.1) is 21.9 Å². The summed E-state index contributed by atoms with van der Waals surface area (Å²) in [6.07, 6.45) is 0. The SMILES string of the molecule is CC(C(=O)c1ccc(Cl)s1)N(C)CCO. The van der Waals surface area contributed by atoms with Crippen molar-refractivity contribution in [3.05, 3.63) is 21.3 Å². The van der Waals surface area contributed by atoms with Gasteiger partial charge in [0.25, 0.3) is 0 Å². The highest BCUT2D eigenvalue weighted by atomic mass is 35.5. The van der Waals surface area contributed by atoms with Gasteiger partial charge in [0, 0.05) is 6.54 Å². The molecule has 0 bridgehead atoms. The predicted octanol–water partition coefficient (Wildman–Crippen LogP) is 1.90. The third-order valence-corrected chi connectivity index (χ3v) is 3.56. The minimum Gasteiger partial charge on any atom is -0.395 e. The van der Waals surface area contributed by atoms with Gasteiger partial charge in [0.1, 0.15) is 0 Å². The maximum Gasteiger partial charge on any atom is 0.189 e. The smallest absolute Gasteiger partial charge is 0.189 e. The summed E-state index contributed by atoms with van der Waals surface area (Å²) in [4.78, 5) is 14.4. The Morgan fingerprint density at radius 3 is 2.80 bits per heavy atom. The van der Waals surface area contributed by atoms with Gasteiger partial charge in [0.15, 0.2) is 5.78 Å². The molecule has 3 nitrogen and oxygen atoms in total. The topological polar surface area (TPSA) is 40.5 Å². The molecule has 1 aromatic heterocycles. The molecule has 0 amide bonds. The highest BCUT2D eigenvalue weighted by molar-refractivity contribution is 7.18. The van der Waals surface area contributed by atoms with E-state index in [9.17, 15) is 4.79 Å². The molecule has 1 N–H and O–H groups in total. The molecule has 0 aliphatic carbocycles. The van der Waals surface area contributed by atoms with Gasteiger partial charge < -0.3 is 5.11 Å². The van der Waals surface area contributed by atoms with Crippen molar-refractivity contribution in [1.29, 1.82) is 0 Å². The first-order valence-corrected chi connectivity index (χ1v) is 5.86. The van der Waals surface area contributed by atoms with Crippen LogP contribution < -0.4 is 0 Å². The van der Waals surface area contributed by atoms with E-state index in [4.69, 9.17) is 16.7 Å². The lowest BCUT2D eigenvalue weighted by Crippen LogP contribution is -2.37. The number of thiophene rings is 1. The average Bonchev–Trinajstić information content (AvgIpc) is 2.63. The molecule has 1 atom stereocenters. The van der Waals surface area contributed by atoms with E-state index in [1.54, 1.807) is 12.1 Å². The minimum absolute atomic E-state index is 0.0443. The number of carbonyl (C=O) groups is 1. The summed E-state index contributed by atoms with van der Waals surface area (Å²) in [6, 6.07) is 3.23. The minimum atomic E-state index is -0.230. The molecule has 0 saturated heterocycles. The van der Waals surface area contributed by atoms with Gasteiger partial charge in [-0.3, -0.25) is 9.69 Å². The molecule has 1 heterocycles. The van der Waals surface area contributed by atoms with Crippen LogP contribution >= 0.6 is 22.9 Å². The zero-order valence-electron chi connectivity index (χ0n) is 8.74. The van der Waals surface area contributed by atoms with Crippen LogP contribution in [0.5, 0.6) is 0 Å². The third-order valence-electron chi connectivity index (χ3n) is 2.31. The molecule has 1 aromatic rings. The van der Waals surface area contributed by atoms with Crippen molar-refractivity contribution in [2.24, 2.45) is 0 Å². The fraction of sp³-hybridized carbons (Fsp3) is 0.500. The first-order valence-electron chi connectivity index (χ1n) is 4.67. The number of hydrogen-bond acceptors (Lipinski definition) is 4. The summed E-state index contributed by atoms with van der Waals surface area (Å²) >= 11 is 7.05. The highest BCUT2D eigenvalue weighted by Gasteiger charge is 2.20. The lowest BCUT2D eigenvalue weighted by atomic mass is 10.1. The standard InChI is InChI=1S/C10H14ClNO2S/c1-7(12(2)5-6-13)10(14)8-3-4-9(11)15-8/h3-4,7,13H,5-6H2,1-2H3. The number of aliphatic hydroxyl groups excluding tert-OH is 1. The van der Waals surface area contributed by atoms with Crippen molar-refractivity contribution in [2.45, 2.75) is 13.0 Å². The summed E-state index contributed by atoms with van der Waals surface area (Å²) in [5.41, 5.74) is 0. The Morgan fingerprint density at radius 2 is 2.33 bits per heavy atom. The van der Waals surface area contributed by atoms with Crippen LogP contribution in [0.25, 0.3) is 0 Å². The van der Waals surface area contributed by atoms with Gasteiger partial charge in [-0.15, -0.1) is 11.3 Å². The van der Waals surface area contributed by atoms with Gasteiger partial charge >= 0.3 is 0 Å². The zero-order chi connectivity index (χ0) is 11.4. The number of nitrogens with zero attached hydrogens (tertiary/aromatic N) is 1. The van der Waals surface area contributed by atoms with Crippen LogP contribution in [0.15, 0.2) is 12.1 Å². The van der Waals surface area contributed by atoms with Crippen molar-refractivity contribution in [1.82, 2.24) is 4.90 Å². The summed E-state index contributed by atoms with van der Waals surface area (Å²) < 4.78 is 0.621. The van der Waals surface area contributed by atoms with Crippen LogP contribution in [-0.4, -0.2) is 42.0 Å². The molecule has 0 fully saturated rings. The number of halogens is 1. The maximum absolute atomic E-state index is 11.9. The second kappa shape index (κ2) is 5.61. The van der Waals surface area contributed by atoms with Gasteiger partial charge in [0.2, 0.25) is 0 Å². The molecular formula is C10H14ClNO2S. The fourth-order valence-electron chi connectivity index (χ4n) is 1.20. The summed E-state index contributed by atoms with van der Waals surface area (Å²) in [5.74, 6) is 0.0443. The van der Waals surface area contributed by atoms with Crippen LogP contribution in [0, 0.1) is 0 Å². The van der Waals surface area contributed by atoms with E-state index in [-0.39, 0.29) is 18.4 Å². The molecule has 1 unspecified atom stereocenters. The maximum atomic E-state index is 11.9. The van der Waals surface area contributed by atoms with Gasteiger partial charge in [-0.25, -0.2) is 0 Å². The predicted molar refractivity (Wildman–Crippen MR) is 62.8 cm³/mol. The van der Waals surface area contributed by atoms with Crippen LogP contribution in [0.2, 0.25) is 4.34 Å². The summed E-state index contributed by atoms with van der Waals surface area (Å²) in [5, 5.41) is 8.77. The van der Waals surface area contributed by atoms with Crippen molar-refractivity contribution in [3.63, 3.8) is 0 Å². The van der Waals surface area contributed by atoms with E-state index in [1.807, 2.05) is 18.9 Å². The lowest BCUT2D eigenvalue weighted by molar-refractivity contribution is 0.0853. The molecule has 15 heavy (non-hydrogen) atoms. The number of likely N-dealkylation sites (N-methyl/N-ethyl adjacent to an activating group) is 1. The Labute approximate surface area is 98.3 Å². The number of rotatable bonds is 5. The Kier molecular flexibility index (Phi) is 4.73. The molecule has 84 valence electrons. The second-order valence-electron chi connectivity index (χ2n) is 3.35. The van der Waals surface area contributed by atoms with E-state index in [0.29, 0.717) is 15.8 Å². The van der Waals surface area contributed by atoms with Crippen LogP contribution in [0.1, 0.15) is 16.6 Å². The first kappa shape index (κ1) is 12.6. The number of aliphatic hydroxyl groups is 1. The molecule has 0 aliphatic rings. The number of Topliss-reactive ketones (excluding diaryl/α,β-unsaturated/α-hetero) is 1. The quantitative estimate of drug-likeness (QED) is 0.808. The Bertz CT molecular complexity index is 340. The monoisotopic (exact) mass is 247 g/mol. The lowest BCUT2D eigenvalue weighted by Gasteiger charge is -2.21. The van der Waals surface area contributed by atoms with E-state index < -0.39 is 0 Å². The van der Waals surface area contributed by atoms with Crippen molar-refractivity contribution in [2.75, 3.05) is 20.2 Å².